The predicted molar refractivity (Wildman–Crippen MR) is 100 cm³/mol. The molecular formula is C19H29NO5S. The predicted octanol–water partition coefficient (Wildman–Crippen LogP) is 2.55. The number of ether oxygens (including phenoxy) is 3. The van der Waals surface area contributed by atoms with Crippen molar-refractivity contribution < 1.29 is 22.6 Å². The lowest BCUT2D eigenvalue weighted by Crippen LogP contribution is -2.49. The van der Waals surface area contributed by atoms with Crippen molar-refractivity contribution in [3.05, 3.63) is 23.3 Å². The number of hydrogen-bond donors (Lipinski definition) is 0. The Kier molecular flexibility index (Phi) is 5.51. The van der Waals surface area contributed by atoms with E-state index in [-0.39, 0.29) is 11.7 Å². The summed E-state index contributed by atoms with van der Waals surface area (Å²) in [6.45, 7) is 5.49. The number of sulfonamides is 1. The van der Waals surface area contributed by atoms with E-state index in [1.54, 1.807) is 18.5 Å². The van der Waals surface area contributed by atoms with E-state index in [2.05, 4.69) is 0 Å². The van der Waals surface area contributed by atoms with Gasteiger partial charge in [0, 0.05) is 13.1 Å². The van der Waals surface area contributed by atoms with Crippen molar-refractivity contribution in [3.63, 3.8) is 0 Å². The van der Waals surface area contributed by atoms with Crippen LogP contribution >= 0.6 is 0 Å². The summed E-state index contributed by atoms with van der Waals surface area (Å²) in [6, 6.07) is 4.03. The monoisotopic (exact) mass is 383 g/mol. The highest BCUT2D eigenvalue weighted by atomic mass is 32.2. The Morgan fingerprint density at radius 2 is 1.77 bits per heavy atom. The van der Waals surface area contributed by atoms with Crippen molar-refractivity contribution in [2.24, 2.45) is 5.92 Å². The normalized spacial score (nSPS) is 20.2. The maximum atomic E-state index is 12.5. The minimum Gasteiger partial charge on any atom is -0.493 e. The summed E-state index contributed by atoms with van der Waals surface area (Å²) in [6.07, 6.45) is 2.15. The molecule has 2 heterocycles. The lowest BCUT2D eigenvalue weighted by molar-refractivity contribution is -0.0893. The number of benzene rings is 1. The number of rotatable bonds is 5. The maximum absolute atomic E-state index is 12.5. The second-order valence-electron chi connectivity index (χ2n) is 7.53. The zero-order valence-corrected chi connectivity index (χ0v) is 16.9. The van der Waals surface area contributed by atoms with Crippen LogP contribution in [0, 0.1) is 5.92 Å². The van der Waals surface area contributed by atoms with E-state index in [0.29, 0.717) is 38.3 Å². The Morgan fingerprint density at radius 3 is 2.35 bits per heavy atom. The van der Waals surface area contributed by atoms with Crippen molar-refractivity contribution in [1.29, 1.82) is 0 Å². The second-order valence-corrected chi connectivity index (χ2v) is 9.54. The molecule has 7 heteroatoms. The molecular weight excluding hydrogens is 354 g/mol. The molecule has 3 rings (SSSR count). The SMILES string of the molecule is COc1cc2c(cc1OC)C1(CCN(S(=O)(=O)CC(C)C)CC1)OCC2. The first-order valence-corrected chi connectivity index (χ1v) is 10.8. The molecule has 1 aromatic carbocycles. The highest BCUT2D eigenvalue weighted by molar-refractivity contribution is 7.89. The Balaban J connectivity index is 1.86. The molecule has 1 aromatic rings. The molecule has 2 aliphatic rings. The number of fused-ring (bicyclic) bond motifs is 2. The van der Waals surface area contributed by atoms with Crippen LogP contribution in [0.2, 0.25) is 0 Å². The van der Waals surface area contributed by atoms with Gasteiger partial charge in [-0.1, -0.05) is 13.8 Å². The molecule has 2 aliphatic heterocycles. The molecule has 0 aliphatic carbocycles. The van der Waals surface area contributed by atoms with Crippen LogP contribution in [0.1, 0.15) is 37.8 Å². The average molecular weight is 384 g/mol. The summed E-state index contributed by atoms with van der Waals surface area (Å²) >= 11 is 0. The Morgan fingerprint density at radius 1 is 1.15 bits per heavy atom. The van der Waals surface area contributed by atoms with Crippen molar-refractivity contribution in [2.45, 2.75) is 38.7 Å². The zero-order chi connectivity index (χ0) is 18.9. The summed E-state index contributed by atoms with van der Waals surface area (Å²) in [5.74, 6) is 1.73. The van der Waals surface area contributed by atoms with Gasteiger partial charge in [-0.25, -0.2) is 12.7 Å². The van der Waals surface area contributed by atoms with Crippen LogP contribution in [-0.4, -0.2) is 52.4 Å². The van der Waals surface area contributed by atoms with Crippen molar-refractivity contribution in [1.82, 2.24) is 4.31 Å². The molecule has 26 heavy (non-hydrogen) atoms. The first kappa shape index (κ1) is 19.5. The summed E-state index contributed by atoms with van der Waals surface area (Å²) < 4.78 is 43.8. The quantitative estimate of drug-likeness (QED) is 0.782. The fourth-order valence-electron chi connectivity index (χ4n) is 4.05. The smallest absolute Gasteiger partial charge is 0.214 e. The number of piperidine rings is 1. The van der Waals surface area contributed by atoms with E-state index in [1.165, 1.54) is 5.56 Å². The third-order valence-corrected chi connectivity index (χ3v) is 7.56. The van der Waals surface area contributed by atoms with Gasteiger partial charge in [0.25, 0.3) is 0 Å². The minimum absolute atomic E-state index is 0.124. The summed E-state index contributed by atoms with van der Waals surface area (Å²) in [4.78, 5) is 0. The van der Waals surface area contributed by atoms with Crippen molar-refractivity contribution in [2.75, 3.05) is 39.7 Å². The molecule has 0 amide bonds. The topological polar surface area (TPSA) is 65.1 Å². The van der Waals surface area contributed by atoms with E-state index < -0.39 is 15.6 Å². The van der Waals surface area contributed by atoms with Gasteiger partial charge >= 0.3 is 0 Å². The molecule has 0 radical (unpaired) electrons. The summed E-state index contributed by atoms with van der Waals surface area (Å²) in [7, 11) is 0.0573. The maximum Gasteiger partial charge on any atom is 0.214 e. The molecule has 0 aromatic heterocycles. The number of hydrogen-bond acceptors (Lipinski definition) is 5. The Hall–Kier alpha value is -1.31. The molecule has 0 saturated carbocycles. The van der Waals surface area contributed by atoms with Gasteiger partial charge in [-0.2, -0.15) is 0 Å². The lowest BCUT2D eigenvalue weighted by atomic mass is 9.79. The van der Waals surface area contributed by atoms with Crippen LogP contribution in [0.15, 0.2) is 12.1 Å². The van der Waals surface area contributed by atoms with Gasteiger partial charge in [-0.3, -0.25) is 0 Å². The van der Waals surface area contributed by atoms with Crippen molar-refractivity contribution >= 4 is 10.0 Å². The summed E-state index contributed by atoms with van der Waals surface area (Å²) in [5, 5.41) is 0. The van der Waals surface area contributed by atoms with Gasteiger partial charge in [0.2, 0.25) is 10.0 Å². The third-order valence-electron chi connectivity index (χ3n) is 5.32. The molecule has 146 valence electrons. The number of methoxy groups -OCH3 is 2. The number of nitrogens with zero attached hydrogens (tertiary/aromatic N) is 1. The minimum atomic E-state index is -3.21. The molecule has 0 atom stereocenters. The third kappa shape index (κ3) is 3.57. The molecule has 0 bridgehead atoms. The lowest BCUT2D eigenvalue weighted by Gasteiger charge is -2.44. The van der Waals surface area contributed by atoms with Crippen LogP contribution in [0.3, 0.4) is 0 Å². The van der Waals surface area contributed by atoms with Gasteiger partial charge in [0.05, 0.1) is 32.2 Å². The largest absolute Gasteiger partial charge is 0.493 e. The average Bonchev–Trinajstić information content (AvgIpc) is 2.60. The first-order valence-electron chi connectivity index (χ1n) is 9.18. The molecule has 1 fully saturated rings. The van der Waals surface area contributed by atoms with E-state index in [4.69, 9.17) is 14.2 Å². The van der Waals surface area contributed by atoms with Gasteiger partial charge < -0.3 is 14.2 Å². The zero-order valence-electron chi connectivity index (χ0n) is 16.1. The first-order chi connectivity index (χ1) is 12.3. The van der Waals surface area contributed by atoms with Crippen molar-refractivity contribution in [3.8, 4) is 11.5 Å². The Bertz CT molecular complexity index is 751. The van der Waals surface area contributed by atoms with Crippen LogP contribution < -0.4 is 9.47 Å². The van der Waals surface area contributed by atoms with Crippen LogP contribution in [0.4, 0.5) is 0 Å². The molecule has 6 nitrogen and oxygen atoms in total. The van der Waals surface area contributed by atoms with Gasteiger partial charge in [0.1, 0.15) is 0 Å². The molecule has 0 unspecified atom stereocenters. The van der Waals surface area contributed by atoms with Gasteiger partial charge in [0.15, 0.2) is 11.5 Å². The molecule has 1 saturated heterocycles. The van der Waals surface area contributed by atoms with E-state index >= 15 is 0 Å². The van der Waals surface area contributed by atoms with Gasteiger partial charge in [-0.05, 0) is 48.4 Å². The summed E-state index contributed by atoms with van der Waals surface area (Å²) in [5.41, 5.74) is 1.88. The van der Waals surface area contributed by atoms with E-state index in [9.17, 15) is 8.42 Å². The highest BCUT2D eigenvalue weighted by Gasteiger charge is 2.43. The van der Waals surface area contributed by atoms with E-state index in [1.807, 2.05) is 26.0 Å². The second kappa shape index (κ2) is 7.37. The van der Waals surface area contributed by atoms with Crippen LogP contribution in [0.25, 0.3) is 0 Å². The fraction of sp³-hybridized carbons (Fsp3) is 0.684. The highest BCUT2D eigenvalue weighted by Crippen LogP contribution is 2.45. The van der Waals surface area contributed by atoms with E-state index in [0.717, 1.165) is 17.7 Å². The Labute approximate surface area is 156 Å². The molecule has 1 spiro atoms. The fourth-order valence-corrected chi connectivity index (χ4v) is 5.84. The van der Waals surface area contributed by atoms with Crippen LogP contribution in [-0.2, 0) is 26.8 Å². The van der Waals surface area contributed by atoms with Gasteiger partial charge in [-0.15, -0.1) is 0 Å². The standard InChI is InChI=1S/C19H29NO5S/c1-14(2)13-26(21,22)20-8-6-19(7-9-20)16-12-18(24-4)17(23-3)11-15(16)5-10-25-19/h11-12,14H,5-10,13H2,1-4H3. The van der Waals surface area contributed by atoms with Crippen LogP contribution in [0.5, 0.6) is 11.5 Å². The molecule has 0 N–H and O–H groups in total.